The van der Waals surface area contributed by atoms with Gasteiger partial charge in [-0.05, 0) is 55.0 Å². The molecule has 0 fully saturated rings. The number of rotatable bonds is 6. The molecule has 3 amide bonds. The van der Waals surface area contributed by atoms with Crippen molar-refractivity contribution < 1.29 is 23.9 Å². The third-order valence-corrected chi connectivity index (χ3v) is 5.42. The summed E-state index contributed by atoms with van der Waals surface area (Å²) in [6.07, 6.45) is 0. The van der Waals surface area contributed by atoms with Crippen molar-refractivity contribution >= 4 is 40.7 Å². The fourth-order valence-electron chi connectivity index (χ4n) is 3.40. The van der Waals surface area contributed by atoms with Crippen LogP contribution in [0.3, 0.4) is 0 Å². The van der Waals surface area contributed by atoms with Crippen LogP contribution < -0.4 is 19.7 Å². The van der Waals surface area contributed by atoms with E-state index >= 15 is 0 Å². The van der Waals surface area contributed by atoms with Crippen LogP contribution in [0.1, 0.15) is 26.3 Å². The van der Waals surface area contributed by atoms with E-state index in [1.807, 2.05) is 6.92 Å². The quantitative estimate of drug-likeness (QED) is 0.560. The molecule has 1 aliphatic heterocycles. The van der Waals surface area contributed by atoms with Crippen LogP contribution in [0.15, 0.2) is 60.7 Å². The monoisotopic (exact) mass is 450 g/mol. The summed E-state index contributed by atoms with van der Waals surface area (Å²) in [6.45, 7) is 1.64. The summed E-state index contributed by atoms with van der Waals surface area (Å²) in [4.78, 5) is 38.9. The molecular weight excluding hydrogens is 432 g/mol. The fourth-order valence-corrected chi connectivity index (χ4v) is 3.52. The number of hydrogen-bond acceptors (Lipinski definition) is 5. The van der Waals surface area contributed by atoms with Crippen molar-refractivity contribution in [2.75, 3.05) is 23.9 Å². The van der Waals surface area contributed by atoms with E-state index in [0.717, 1.165) is 10.5 Å². The smallest absolute Gasteiger partial charge is 0.266 e. The number of imide groups is 1. The Kier molecular flexibility index (Phi) is 5.83. The SMILES string of the molecule is COc1cc(NC(=O)COc2ccc(Cl)c(C)c2)ccc1N1C(=O)c2ccccc2C1=O. The van der Waals surface area contributed by atoms with Crippen LogP contribution in [0.2, 0.25) is 5.02 Å². The van der Waals surface area contributed by atoms with Crippen molar-refractivity contribution in [3.8, 4) is 11.5 Å². The summed E-state index contributed by atoms with van der Waals surface area (Å²) in [7, 11) is 1.43. The van der Waals surface area contributed by atoms with Gasteiger partial charge in [-0.25, -0.2) is 4.90 Å². The molecule has 0 saturated heterocycles. The van der Waals surface area contributed by atoms with E-state index in [1.165, 1.54) is 7.11 Å². The number of fused-ring (bicyclic) bond motifs is 1. The highest BCUT2D eigenvalue weighted by Gasteiger charge is 2.37. The average molecular weight is 451 g/mol. The predicted molar refractivity (Wildman–Crippen MR) is 121 cm³/mol. The molecule has 0 unspecified atom stereocenters. The Morgan fingerprint density at radius 1 is 1.00 bits per heavy atom. The van der Waals surface area contributed by atoms with Gasteiger partial charge in [-0.1, -0.05) is 23.7 Å². The van der Waals surface area contributed by atoms with Gasteiger partial charge in [0.15, 0.2) is 6.61 Å². The molecule has 32 heavy (non-hydrogen) atoms. The van der Waals surface area contributed by atoms with Gasteiger partial charge in [0, 0.05) is 16.8 Å². The minimum atomic E-state index is -0.424. The maximum Gasteiger partial charge on any atom is 0.266 e. The maximum atomic E-state index is 12.8. The summed E-state index contributed by atoms with van der Waals surface area (Å²) < 4.78 is 10.9. The van der Waals surface area contributed by atoms with Crippen molar-refractivity contribution in [3.05, 3.63) is 82.4 Å². The van der Waals surface area contributed by atoms with E-state index < -0.39 is 11.8 Å². The number of ether oxygens (including phenoxy) is 2. The van der Waals surface area contributed by atoms with Gasteiger partial charge in [0.2, 0.25) is 0 Å². The van der Waals surface area contributed by atoms with Crippen LogP contribution in [-0.2, 0) is 4.79 Å². The van der Waals surface area contributed by atoms with E-state index in [2.05, 4.69) is 5.32 Å². The second kappa shape index (κ2) is 8.72. The van der Waals surface area contributed by atoms with E-state index in [0.29, 0.717) is 33.3 Å². The zero-order valence-corrected chi connectivity index (χ0v) is 18.1. The first-order valence-electron chi connectivity index (χ1n) is 9.73. The molecule has 1 aliphatic rings. The van der Waals surface area contributed by atoms with Gasteiger partial charge in [-0.2, -0.15) is 0 Å². The molecule has 1 heterocycles. The number of aryl methyl sites for hydroxylation is 1. The Bertz CT molecular complexity index is 1210. The lowest BCUT2D eigenvalue weighted by molar-refractivity contribution is -0.118. The first-order chi connectivity index (χ1) is 15.4. The van der Waals surface area contributed by atoms with Gasteiger partial charge < -0.3 is 14.8 Å². The lowest BCUT2D eigenvalue weighted by Gasteiger charge is -2.18. The minimum absolute atomic E-state index is 0.205. The third-order valence-electron chi connectivity index (χ3n) is 5.00. The van der Waals surface area contributed by atoms with E-state index in [4.69, 9.17) is 21.1 Å². The first kappa shape index (κ1) is 21.4. The van der Waals surface area contributed by atoms with Gasteiger partial charge in [0.05, 0.1) is 23.9 Å². The summed E-state index contributed by atoms with van der Waals surface area (Å²) in [5.41, 5.74) is 2.25. The number of hydrogen-bond donors (Lipinski definition) is 1. The van der Waals surface area contributed by atoms with Crippen molar-refractivity contribution in [1.82, 2.24) is 0 Å². The topological polar surface area (TPSA) is 84.9 Å². The number of nitrogens with one attached hydrogen (secondary N) is 1. The molecule has 0 aromatic heterocycles. The molecule has 4 rings (SSSR count). The van der Waals surface area contributed by atoms with Gasteiger partial charge in [-0.15, -0.1) is 0 Å². The molecule has 0 bridgehead atoms. The Morgan fingerprint density at radius 2 is 1.69 bits per heavy atom. The molecule has 8 heteroatoms. The number of amides is 3. The molecule has 0 atom stereocenters. The zero-order chi connectivity index (χ0) is 22.8. The summed E-state index contributed by atoms with van der Waals surface area (Å²) in [5, 5.41) is 3.33. The molecule has 3 aromatic carbocycles. The summed E-state index contributed by atoms with van der Waals surface area (Å²) in [5.74, 6) is -0.431. The zero-order valence-electron chi connectivity index (χ0n) is 17.3. The Balaban J connectivity index is 1.48. The van der Waals surface area contributed by atoms with Gasteiger partial charge in [0.25, 0.3) is 17.7 Å². The number of methoxy groups -OCH3 is 1. The van der Waals surface area contributed by atoms with E-state index in [1.54, 1.807) is 60.7 Å². The van der Waals surface area contributed by atoms with Gasteiger partial charge in [0.1, 0.15) is 11.5 Å². The molecule has 162 valence electrons. The average Bonchev–Trinajstić information content (AvgIpc) is 3.05. The Hall–Kier alpha value is -3.84. The lowest BCUT2D eigenvalue weighted by Crippen LogP contribution is -2.29. The van der Waals surface area contributed by atoms with Crippen LogP contribution >= 0.6 is 11.6 Å². The second-order valence-electron chi connectivity index (χ2n) is 7.13. The van der Waals surface area contributed by atoms with Crippen LogP contribution in [-0.4, -0.2) is 31.4 Å². The molecule has 0 spiro atoms. The highest BCUT2D eigenvalue weighted by molar-refractivity contribution is 6.35. The molecule has 0 saturated carbocycles. The van der Waals surface area contributed by atoms with Crippen molar-refractivity contribution in [2.24, 2.45) is 0 Å². The normalized spacial score (nSPS) is 12.5. The standard InChI is InChI=1S/C24H19ClN2O5/c1-14-11-16(8-9-19(14)25)32-13-22(28)26-15-7-10-20(21(12-15)31-2)27-23(29)17-5-3-4-6-18(17)24(27)30/h3-12H,13H2,1-2H3,(H,26,28). The number of carbonyl (C=O) groups excluding carboxylic acids is 3. The second-order valence-corrected chi connectivity index (χ2v) is 7.53. The molecular formula is C24H19ClN2O5. The number of halogens is 1. The summed E-state index contributed by atoms with van der Waals surface area (Å²) >= 11 is 5.99. The number of carbonyl (C=O) groups is 3. The van der Waals surface area contributed by atoms with Crippen LogP contribution in [0.4, 0.5) is 11.4 Å². The maximum absolute atomic E-state index is 12.8. The van der Waals surface area contributed by atoms with Crippen LogP contribution in [0, 0.1) is 6.92 Å². The van der Waals surface area contributed by atoms with Gasteiger partial charge in [-0.3, -0.25) is 14.4 Å². The van der Waals surface area contributed by atoms with Crippen molar-refractivity contribution in [1.29, 1.82) is 0 Å². The van der Waals surface area contributed by atoms with Crippen molar-refractivity contribution in [2.45, 2.75) is 6.92 Å². The van der Waals surface area contributed by atoms with Crippen LogP contribution in [0.25, 0.3) is 0 Å². The number of anilines is 2. The summed E-state index contributed by atoms with van der Waals surface area (Å²) in [6, 6.07) is 16.4. The molecule has 3 aromatic rings. The fraction of sp³-hybridized carbons (Fsp3) is 0.125. The van der Waals surface area contributed by atoms with E-state index in [9.17, 15) is 14.4 Å². The van der Waals surface area contributed by atoms with Gasteiger partial charge >= 0.3 is 0 Å². The largest absolute Gasteiger partial charge is 0.494 e. The van der Waals surface area contributed by atoms with Crippen LogP contribution in [0.5, 0.6) is 11.5 Å². The molecule has 0 aliphatic carbocycles. The van der Waals surface area contributed by atoms with E-state index in [-0.39, 0.29) is 18.3 Å². The first-order valence-corrected chi connectivity index (χ1v) is 10.1. The van der Waals surface area contributed by atoms with Crippen molar-refractivity contribution in [3.63, 3.8) is 0 Å². The lowest BCUT2D eigenvalue weighted by atomic mass is 10.1. The molecule has 0 radical (unpaired) electrons. The Morgan fingerprint density at radius 3 is 2.31 bits per heavy atom. The number of nitrogens with zero attached hydrogens (tertiary/aromatic N) is 1. The Labute approximate surface area is 189 Å². The predicted octanol–water partition coefficient (Wildman–Crippen LogP) is 4.48. The highest BCUT2D eigenvalue weighted by atomic mass is 35.5. The number of benzene rings is 3. The highest BCUT2D eigenvalue weighted by Crippen LogP contribution is 2.36. The molecule has 7 nitrogen and oxygen atoms in total. The molecule has 1 N–H and O–H groups in total. The third kappa shape index (κ3) is 4.02. The minimum Gasteiger partial charge on any atom is -0.494 e.